The van der Waals surface area contributed by atoms with Crippen molar-refractivity contribution in [2.24, 2.45) is 0 Å². The van der Waals surface area contributed by atoms with Crippen LogP contribution in [0.1, 0.15) is 33.6 Å². The maximum Gasteiger partial charge on any atom is 0.134 e. The number of nitrogens with zero attached hydrogens (tertiary/aromatic N) is 1. The molecule has 0 spiro atoms. The number of aliphatic hydroxyl groups excluding tert-OH is 1. The second-order valence-corrected chi connectivity index (χ2v) is 3.22. The van der Waals surface area contributed by atoms with E-state index in [0.29, 0.717) is 19.4 Å². The minimum absolute atomic E-state index is 0.364. The highest BCUT2D eigenvalue weighted by Crippen LogP contribution is 2.19. The van der Waals surface area contributed by atoms with E-state index in [1.807, 2.05) is 32.8 Å². The van der Waals surface area contributed by atoms with Gasteiger partial charge in [-0.25, -0.2) is 4.39 Å². The van der Waals surface area contributed by atoms with Crippen molar-refractivity contribution in [3.8, 4) is 0 Å². The fourth-order valence-corrected chi connectivity index (χ4v) is 0.792. The first kappa shape index (κ1) is 15.3. The Hall–Kier alpha value is -0.150. The summed E-state index contributed by atoms with van der Waals surface area (Å²) in [5.74, 6) is 0. The topological polar surface area (TPSA) is 23.5 Å². The first-order valence-electron chi connectivity index (χ1n) is 4.98. The molecule has 0 saturated carbocycles. The molecule has 0 aromatic carbocycles. The van der Waals surface area contributed by atoms with Crippen LogP contribution in [0.3, 0.4) is 0 Å². The highest BCUT2D eigenvalue weighted by atomic mass is 19.1. The van der Waals surface area contributed by atoms with Crippen molar-refractivity contribution in [3.05, 3.63) is 0 Å². The van der Waals surface area contributed by atoms with Gasteiger partial charge in [0.1, 0.15) is 5.67 Å². The molecule has 3 heteroatoms. The molecule has 0 rings (SSSR count). The molecule has 1 N–H and O–H groups in total. The third-order valence-corrected chi connectivity index (χ3v) is 1.92. The van der Waals surface area contributed by atoms with Gasteiger partial charge < -0.3 is 10.0 Å². The van der Waals surface area contributed by atoms with Crippen molar-refractivity contribution in [1.29, 1.82) is 0 Å². The molecule has 0 amide bonds. The number of rotatable bonds is 5. The molecule has 0 saturated heterocycles. The summed E-state index contributed by atoms with van der Waals surface area (Å²) in [5, 5.41) is 8.70. The Bertz CT molecular complexity index is 103. The lowest BCUT2D eigenvalue weighted by molar-refractivity contribution is 0.0525. The normalized spacial score (nSPS) is 14.8. The quantitative estimate of drug-likeness (QED) is 0.722. The van der Waals surface area contributed by atoms with Gasteiger partial charge in [-0.1, -0.05) is 20.8 Å². The summed E-state index contributed by atoms with van der Waals surface area (Å²) in [6, 6.07) is 0. The minimum Gasteiger partial charge on any atom is -0.393 e. The first-order chi connectivity index (χ1) is 6.04. The Kier molecular flexibility index (Phi) is 9.96. The average Bonchev–Trinajstić information content (AvgIpc) is 2.17. The van der Waals surface area contributed by atoms with Crippen molar-refractivity contribution >= 4 is 0 Å². The van der Waals surface area contributed by atoms with Gasteiger partial charge in [0.2, 0.25) is 0 Å². The second kappa shape index (κ2) is 8.45. The fraction of sp³-hybridized carbons (Fsp3) is 1.00. The van der Waals surface area contributed by atoms with E-state index < -0.39 is 5.67 Å². The van der Waals surface area contributed by atoms with E-state index in [0.717, 1.165) is 0 Å². The molecule has 13 heavy (non-hydrogen) atoms. The lowest BCUT2D eigenvalue weighted by Crippen LogP contribution is -2.31. The zero-order valence-electron chi connectivity index (χ0n) is 9.60. The highest BCUT2D eigenvalue weighted by molar-refractivity contribution is 4.76. The molecule has 0 aliphatic rings. The van der Waals surface area contributed by atoms with Crippen LogP contribution in [-0.2, 0) is 0 Å². The first-order valence-corrected chi connectivity index (χ1v) is 4.98. The van der Waals surface area contributed by atoms with E-state index in [9.17, 15) is 4.39 Å². The third kappa shape index (κ3) is 8.19. The predicted molar refractivity (Wildman–Crippen MR) is 55.7 cm³/mol. The lowest BCUT2D eigenvalue weighted by atomic mass is 10.00. The molecule has 0 heterocycles. The van der Waals surface area contributed by atoms with E-state index in [-0.39, 0.29) is 6.61 Å². The second-order valence-electron chi connectivity index (χ2n) is 3.22. The van der Waals surface area contributed by atoms with Crippen LogP contribution in [0, 0.1) is 0 Å². The van der Waals surface area contributed by atoms with E-state index in [4.69, 9.17) is 5.11 Å². The van der Waals surface area contributed by atoms with Gasteiger partial charge in [-0.3, -0.25) is 0 Å². The SMILES string of the molecule is CC.CCC(F)(CO)CCN(C)C. The summed E-state index contributed by atoms with van der Waals surface area (Å²) in [7, 11) is 3.79. The van der Waals surface area contributed by atoms with Crippen LogP contribution in [0.25, 0.3) is 0 Å². The zero-order valence-corrected chi connectivity index (χ0v) is 9.60. The van der Waals surface area contributed by atoms with Gasteiger partial charge in [-0.15, -0.1) is 0 Å². The third-order valence-electron chi connectivity index (χ3n) is 1.92. The number of alkyl halides is 1. The van der Waals surface area contributed by atoms with Crippen LogP contribution in [0.4, 0.5) is 4.39 Å². The molecule has 0 aromatic heterocycles. The van der Waals surface area contributed by atoms with Crippen LogP contribution >= 0.6 is 0 Å². The number of aliphatic hydroxyl groups is 1. The summed E-state index contributed by atoms with van der Waals surface area (Å²) in [5.41, 5.74) is -1.37. The maximum atomic E-state index is 13.3. The Balaban J connectivity index is 0. The Labute approximate surface area is 81.7 Å². The van der Waals surface area contributed by atoms with Crippen molar-refractivity contribution in [2.75, 3.05) is 27.2 Å². The summed E-state index contributed by atoms with van der Waals surface area (Å²) in [6.07, 6.45) is 0.796. The number of halogens is 1. The van der Waals surface area contributed by atoms with Gasteiger partial charge in [-0.2, -0.15) is 0 Å². The molecule has 0 aliphatic heterocycles. The Morgan fingerprint density at radius 2 is 1.77 bits per heavy atom. The fourth-order valence-electron chi connectivity index (χ4n) is 0.792. The van der Waals surface area contributed by atoms with Gasteiger partial charge >= 0.3 is 0 Å². The summed E-state index contributed by atoms with van der Waals surface area (Å²) in [4.78, 5) is 1.92. The molecule has 0 radical (unpaired) electrons. The molecular formula is C10H24FNO. The van der Waals surface area contributed by atoms with Gasteiger partial charge in [0.05, 0.1) is 6.61 Å². The maximum absolute atomic E-state index is 13.3. The smallest absolute Gasteiger partial charge is 0.134 e. The van der Waals surface area contributed by atoms with Crippen molar-refractivity contribution in [2.45, 2.75) is 39.3 Å². The molecule has 0 aliphatic carbocycles. The van der Waals surface area contributed by atoms with Crippen molar-refractivity contribution < 1.29 is 9.50 Å². The van der Waals surface area contributed by atoms with Gasteiger partial charge in [0.15, 0.2) is 0 Å². The largest absolute Gasteiger partial charge is 0.393 e. The molecule has 2 nitrogen and oxygen atoms in total. The van der Waals surface area contributed by atoms with E-state index in [1.165, 1.54) is 0 Å². The van der Waals surface area contributed by atoms with Gasteiger partial charge in [0.25, 0.3) is 0 Å². The summed E-state index contributed by atoms with van der Waals surface area (Å²) in [6.45, 7) is 6.08. The molecule has 0 fully saturated rings. The van der Waals surface area contributed by atoms with Crippen LogP contribution in [0.5, 0.6) is 0 Å². The molecule has 1 unspecified atom stereocenters. The van der Waals surface area contributed by atoms with Crippen molar-refractivity contribution in [3.63, 3.8) is 0 Å². The van der Waals surface area contributed by atoms with Gasteiger partial charge in [-0.05, 0) is 26.9 Å². The zero-order chi connectivity index (χ0) is 10.9. The Morgan fingerprint density at radius 3 is 2.00 bits per heavy atom. The molecule has 82 valence electrons. The number of hydrogen-bond acceptors (Lipinski definition) is 2. The highest BCUT2D eigenvalue weighted by Gasteiger charge is 2.25. The van der Waals surface area contributed by atoms with E-state index in [1.54, 1.807) is 6.92 Å². The van der Waals surface area contributed by atoms with E-state index >= 15 is 0 Å². The monoisotopic (exact) mass is 193 g/mol. The summed E-state index contributed by atoms with van der Waals surface area (Å²) >= 11 is 0. The minimum atomic E-state index is -1.37. The van der Waals surface area contributed by atoms with Crippen molar-refractivity contribution in [1.82, 2.24) is 4.90 Å². The van der Waals surface area contributed by atoms with Gasteiger partial charge in [0, 0.05) is 6.54 Å². The summed E-state index contributed by atoms with van der Waals surface area (Å²) < 4.78 is 13.3. The molecule has 0 aromatic rings. The average molecular weight is 193 g/mol. The Morgan fingerprint density at radius 1 is 1.31 bits per heavy atom. The number of hydrogen-bond donors (Lipinski definition) is 1. The lowest BCUT2D eigenvalue weighted by Gasteiger charge is -2.22. The molecule has 1 atom stereocenters. The standard InChI is InChI=1S/C8H18FNO.C2H6/c1-4-8(9,7-11)5-6-10(2)3;1-2/h11H,4-7H2,1-3H3;1-2H3. The molecular weight excluding hydrogens is 169 g/mol. The van der Waals surface area contributed by atoms with Crippen LogP contribution < -0.4 is 0 Å². The van der Waals surface area contributed by atoms with Crippen LogP contribution in [0.15, 0.2) is 0 Å². The molecule has 0 bridgehead atoms. The van der Waals surface area contributed by atoms with E-state index in [2.05, 4.69) is 0 Å². The predicted octanol–water partition coefficient (Wildman–Crippen LogP) is 2.07. The van der Waals surface area contributed by atoms with Crippen LogP contribution in [0.2, 0.25) is 0 Å². The van der Waals surface area contributed by atoms with Crippen LogP contribution in [-0.4, -0.2) is 42.9 Å².